The highest BCUT2D eigenvalue weighted by Crippen LogP contribution is 2.42. The van der Waals surface area contributed by atoms with Crippen LogP contribution in [0.3, 0.4) is 0 Å². The number of rotatable bonds is 3. The summed E-state index contributed by atoms with van der Waals surface area (Å²) in [5.74, 6) is -1.07. The van der Waals surface area contributed by atoms with Gasteiger partial charge in [-0.25, -0.2) is 0 Å². The molecule has 0 unspecified atom stereocenters. The molecular weight excluding hydrogens is 280 g/mol. The third-order valence-electron chi connectivity index (χ3n) is 3.65. The van der Waals surface area contributed by atoms with E-state index in [0.29, 0.717) is 12.8 Å². The van der Waals surface area contributed by atoms with Crippen molar-refractivity contribution in [2.45, 2.75) is 72.5 Å². The van der Waals surface area contributed by atoms with Crippen LogP contribution in [0.5, 0.6) is 0 Å². The normalized spacial score (nSPS) is 25.7. The van der Waals surface area contributed by atoms with Crippen molar-refractivity contribution in [2.75, 3.05) is 0 Å². The van der Waals surface area contributed by atoms with Crippen LogP contribution in [-0.4, -0.2) is 23.1 Å². The first-order valence-corrected chi connectivity index (χ1v) is 7.91. The summed E-state index contributed by atoms with van der Waals surface area (Å²) in [5, 5.41) is 0. The van der Waals surface area contributed by atoms with E-state index in [-0.39, 0.29) is 29.7 Å². The number of hydrogen-bond donors (Lipinski definition) is 0. The van der Waals surface area contributed by atoms with Crippen LogP contribution in [0.2, 0.25) is 0 Å². The van der Waals surface area contributed by atoms with Gasteiger partial charge in [-0.2, -0.15) is 0 Å². The lowest BCUT2D eigenvalue weighted by Gasteiger charge is -2.25. The zero-order chi connectivity index (χ0) is 17.3. The third kappa shape index (κ3) is 5.47. The molecule has 0 aromatic carbocycles. The predicted molar refractivity (Wildman–Crippen MR) is 86.2 cm³/mol. The molecule has 0 saturated heterocycles. The number of allylic oxidation sites excluding steroid dienone is 1. The molecule has 1 aliphatic rings. The first kappa shape index (κ1) is 18.7. The number of carbonyl (C=O) groups excluding carboxylic acids is 2. The lowest BCUT2D eigenvalue weighted by atomic mass is 9.90. The third-order valence-corrected chi connectivity index (χ3v) is 3.65. The molecule has 0 bridgehead atoms. The standard InChI is InChI=1S/C18H30O4/c1-11(2)13-9-12(15(19)21-17(3,4)5)10-14(13)16(20)22-18(6,7)8/h12-14H,1,9-10H2,2-8H3/t12-,13-,14-/m0/s1. The van der Waals surface area contributed by atoms with Gasteiger partial charge in [0, 0.05) is 0 Å². The van der Waals surface area contributed by atoms with Gasteiger partial charge >= 0.3 is 11.9 Å². The van der Waals surface area contributed by atoms with Gasteiger partial charge in [0.15, 0.2) is 0 Å². The summed E-state index contributed by atoms with van der Waals surface area (Å²) < 4.78 is 11.0. The van der Waals surface area contributed by atoms with Crippen LogP contribution in [0.25, 0.3) is 0 Å². The molecule has 22 heavy (non-hydrogen) atoms. The van der Waals surface area contributed by atoms with E-state index in [1.165, 1.54) is 0 Å². The van der Waals surface area contributed by atoms with E-state index in [1.54, 1.807) is 0 Å². The second kappa shape index (κ2) is 6.43. The summed E-state index contributed by atoms with van der Waals surface area (Å²) in [4.78, 5) is 24.7. The van der Waals surface area contributed by atoms with Crippen molar-refractivity contribution >= 4 is 11.9 Å². The Morgan fingerprint density at radius 1 is 0.864 bits per heavy atom. The zero-order valence-electron chi connectivity index (χ0n) is 15.0. The molecule has 0 aromatic rings. The van der Waals surface area contributed by atoms with Gasteiger partial charge < -0.3 is 9.47 Å². The van der Waals surface area contributed by atoms with Crippen molar-refractivity contribution in [3.05, 3.63) is 12.2 Å². The van der Waals surface area contributed by atoms with Crippen LogP contribution in [-0.2, 0) is 19.1 Å². The molecule has 126 valence electrons. The predicted octanol–water partition coefficient (Wildman–Crippen LogP) is 3.89. The first-order valence-electron chi connectivity index (χ1n) is 7.91. The van der Waals surface area contributed by atoms with E-state index in [1.807, 2.05) is 48.5 Å². The van der Waals surface area contributed by atoms with Gasteiger partial charge in [-0.3, -0.25) is 9.59 Å². The Morgan fingerprint density at radius 3 is 1.68 bits per heavy atom. The molecule has 1 rings (SSSR count). The second-order valence-electron chi connectivity index (χ2n) is 8.29. The fourth-order valence-electron chi connectivity index (χ4n) is 2.80. The maximum Gasteiger partial charge on any atom is 0.310 e. The Balaban J connectivity index is 2.83. The Hall–Kier alpha value is -1.32. The van der Waals surface area contributed by atoms with E-state index >= 15 is 0 Å². The molecule has 0 spiro atoms. The van der Waals surface area contributed by atoms with Crippen LogP contribution < -0.4 is 0 Å². The van der Waals surface area contributed by atoms with Crippen molar-refractivity contribution < 1.29 is 19.1 Å². The topological polar surface area (TPSA) is 52.6 Å². The van der Waals surface area contributed by atoms with Gasteiger partial charge in [-0.05, 0) is 67.2 Å². The van der Waals surface area contributed by atoms with Crippen LogP contribution in [0.4, 0.5) is 0 Å². The highest BCUT2D eigenvalue weighted by molar-refractivity contribution is 5.78. The largest absolute Gasteiger partial charge is 0.460 e. The van der Waals surface area contributed by atoms with Gasteiger partial charge in [0.25, 0.3) is 0 Å². The summed E-state index contributed by atoms with van der Waals surface area (Å²) in [6.45, 7) is 17.0. The SMILES string of the molecule is C=C(C)[C@@H]1C[C@H](C(=O)OC(C)(C)C)C[C@@H]1C(=O)OC(C)(C)C. The maximum atomic E-state index is 12.4. The number of carbonyl (C=O) groups is 2. The van der Waals surface area contributed by atoms with Crippen molar-refractivity contribution in [2.24, 2.45) is 17.8 Å². The zero-order valence-corrected chi connectivity index (χ0v) is 15.0. The van der Waals surface area contributed by atoms with E-state index in [2.05, 4.69) is 6.58 Å². The number of ether oxygens (including phenoxy) is 2. The van der Waals surface area contributed by atoms with Crippen LogP contribution in [0, 0.1) is 17.8 Å². The molecule has 1 aliphatic carbocycles. The van der Waals surface area contributed by atoms with Gasteiger partial charge in [0.05, 0.1) is 11.8 Å². The monoisotopic (exact) mass is 310 g/mol. The fourth-order valence-corrected chi connectivity index (χ4v) is 2.80. The molecule has 0 radical (unpaired) electrons. The Labute approximate surface area is 134 Å². The van der Waals surface area contributed by atoms with Gasteiger partial charge in [-0.15, -0.1) is 0 Å². The highest BCUT2D eigenvalue weighted by atomic mass is 16.6. The van der Waals surface area contributed by atoms with E-state index < -0.39 is 11.2 Å². The van der Waals surface area contributed by atoms with E-state index in [0.717, 1.165) is 5.57 Å². The molecule has 1 saturated carbocycles. The quantitative estimate of drug-likeness (QED) is 0.586. The second-order valence-corrected chi connectivity index (χ2v) is 8.29. The molecule has 4 nitrogen and oxygen atoms in total. The van der Waals surface area contributed by atoms with E-state index in [4.69, 9.17) is 9.47 Å². The maximum absolute atomic E-state index is 12.4. The summed E-state index contributed by atoms with van der Waals surface area (Å²) in [5.41, 5.74) is -0.123. The van der Waals surface area contributed by atoms with Gasteiger partial charge in [0.2, 0.25) is 0 Å². The van der Waals surface area contributed by atoms with Crippen molar-refractivity contribution in [3.63, 3.8) is 0 Å². The Morgan fingerprint density at radius 2 is 1.27 bits per heavy atom. The summed E-state index contributed by atoms with van der Waals surface area (Å²) in [6, 6.07) is 0. The minimum atomic E-state index is -0.527. The average Bonchev–Trinajstić information content (AvgIpc) is 2.68. The summed E-state index contributed by atoms with van der Waals surface area (Å²) in [6.07, 6.45) is 1.08. The molecule has 0 aromatic heterocycles. The minimum Gasteiger partial charge on any atom is -0.460 e. The molecule has 0 N–H and O–H groups in total. The summed E-state index contributed by atoms with van der Waals surface area (Å²) >= 11 is 0. The fraction of sp³-hybridized carbons (Fsp3) is 0.778. The van der Waals surface area contributed by atoms with Crippen LogP contribution in [0.1, 0.15) is 61.3 Å². The van der Waals surface area contributed by atoms with Crippen LogP contribution in [0.15, 0.2) is 12.2 Å². The Bertz CT molecular complexity index is 451. The summed E-state index contributed by atoms with van der Waals surface area (Å²) in [7, 11) is 0. The number of hydrogen-bond acceptors (Lipinski definition) is 4. The number of esters is 2. The van der Waals surface area contributed by atoms with Crippen molar-refractivity contribution in [3.8, 4) is 0 Å². The van der Waals surface area contributed by atoms with E-state index in [9.17, 15) is 9.59 Å². The molecule has 0 aliphatic heterocycles. The van der Waals surface area contributed by atoms with Crippen molar-refractivity contribution in [1.82, 2.24) is 0 Å². The lowest BCUT2D eigenvalue weighted by molar-refractivity contribution is -0.161. The lowest BCUT2D eigenvalue weighted by Crippen LogP contribution is -2.31. The molecular formula is C18H30O4. The molecule has 3 atom stereocenters. The van der Waals surface area contributed by atoms with Gasteiger partial charge in [-0.1, -0.05) is 12.2 Å². The molecule has 0 heterocycles. The smallest absolute Gasteiger partial charge is 0.310 e. The molecule has 1 fully saturated rings. The molecule has 0 amide bonds. The van der Waals surface area contributed by atoms with Gasteiger partial charge in [0.1, 0.15) is 11.2 Å². The average molecular weight is 310 g/mol. The Kier molecular flexibility index (Phi) is 5.47. The van der Waals surface area contributed by atoms with Crippen molar-refractivity contribution in [1.29, 1.82) is 0 Å². The highest BCUT2D eigenvalue weighted by Gasteiger charge is 2.44. The molecule has 4 heteroatoms. The minimum absolute atomic E-state index is 0.0210. The first-order chi connectivity index (χ1) is 9.80. The van der Waals surface area contributed by atoms with Crippen LogP contribution >= 0.6 is 0 Å².